The van der Waals surface area contributed by atoms with Gasteiger partial charge in [0, 0.05) is 13.1 Å². The Morgan fingerprint density at radius 3 is 1.29 bits per heavy atom. The zero-order chi connectivity index (χ0) is 26.1. The smallest absolute Gasteiger partial charge is 0.261 e. The predicted molar refractivity (Wildman–Crippen MR) is 121 cm³/mol. The Balaban J connectivity index is 1.91. The molecule has 0 unspecified atom stereocenters. The second-order valence-electron chi connectivity index (χ2n) is 7.02. The zero-order valence-corrected chi connectivity index (χ0v) is 18.0. The lowest BCUT2D eigenvalue weighted by Crippen LogP contribution is -2.30. The van der Waals surface area contributed by atoms with Crippen LogP contribution in [0.1, 0.15) is 17.5 Å². The number of hydrogen-bond acceptors (Lipinski definition) is 10. The fourth-order valence-electron chi connectivity index (χ4n) is 2.73. The summed E-state index contributed by atoms with van der Waals surface area (Å²) in [5.74, 6) is -5.50. The third-order valence-electron chi connectivity index (χ3n) is 4.46. The average molecular weight is 480 g/mol. The van der Waals surface area contributed by atoms with E-state index in [9.17, 15) is 50.8 Å². The van der Waals surface area contributed by atoms with Crippen LogP contribution in [0.25, 0.3) is 12.2 Å². The van der Waals surface area contributed by atoms with Gasteiger partial charge in [-0.3, -0.25) is 9.59 Å². The second kappa shape index (κ2) is 11.5. The maximum Gasteiger partial charge on any atom is 0.261 e. The molecule has 0 aliphatic heterocycles. The first-order chi connectivity index (χ1) is 16.6. The van der Waals surface area contributed by atoms with E-state index in [1.54, 1.807) is 12.1 Å². The quantitative estimate of drug-likeness (QED) is 0.116. The summed E-state index contributed by atoms with van der Waals surface area (Å²) in [7, 11) is 0. The second-order valence-corrected chi connectivity index (χ2v) is 7.02. The van der Waals surface area contributed by atoms with Crippen LogP contribution in [0, 0.1) is 22.7 Å². The van der Waals surface area contributed by atoms with Gasteiger partial charge in [0.05, 0.1) is 0 Å². The number of phenolic OH excluding ortho intramolecular Hbond substituents is 6. The number of aromatic hydroxyl groups is 6. The van der Waals surface area contributed by atoms with Crippen molar-refractivity contribution in [3.05, 3.63) is 46.5 Å². The van der Waals surface area contributed by atoms with Gasteiger partial charge in [0.25, 0.3) is 11.8 Å². The van der Waals surface area contributed by atoms with Gasteiger partial charge in [-0.05, 0) is 54.0 Å². The summed E-state index contributed by atoms with van der Waals surface area (Å²) >= 11 is 0. The number of nitrogens with one attached hydrogen (secondary N) is 2. The summed E-state index contributed by atoms with van der Waals surface area (Å²) in [6.45, 7) is 0.102. The normalized spacial score (nSPS) is 11.3. The van der Waals surface area contributed by atoms with E-state index in [1.807, 2.05) is 0 Å². The van der Waals surface area contributed by atoms with Crippen LogP contribution in [-0.4, -0.2) is 55.5 Å². The van der Waals surface area contributed by atoms with E-state index in [-0.39, 0.29) is 41.8 Å². The SMILES string of the molecule is N#CC(=Cc1cc(O)c(O)c(O)c1)C(=O)NCCCNC(=O)/C(C#N)=C/c1cc(O)c(O)c(O)c1. The number of carbonyl (C=O) groups is 2. The third kappa shape index (κ3) is 6.81. The van der Waals surface area contributed by atoms with E-state index >= 15 is 0 Å². The van der Waals surface area contributed by atoms with E-state index in [0.29, 0.717) is 0 Å². The minimum absolute atomic E-state index is 0.0511. The number of rotatable bonds is 8. The number of nitrogens with zero attached hydrogens (tertiary/aromatic N) is 2. The Morgan fingerprint density at radius 2 is 1.00 bits per heavy atom. The summed E-state index contributed by atoms with van der Waals surface area (Å²) < 4.78 is 0. The number of hydrogen-bond donors (Lipinski definition) is 8. The lowest BCUT2D eigenvalue weighted by molar-refractivity contribution is -0.117. The predicted octanol–water partition coefficient (Wildman–Crippen LogP) is 1.06. The Hall–Kier alpha value is -5.36. The van der Waals surface area contributed by atoms with Crippen molar-refractivity contribution >= 4 is 24.0 Å². The Morgan fingerprint density at radius 1 is 0.686 bits per heavy atom. The number of phenols is 6. The van der Waals surface area contributed by atoms with Gasteiger partial charge in [0.2, 0.25) is 0 Å². The van der Waals surface area contributed by atoms with Crippen LogP contribution in [0.5, 0.6) is 34.5 Å². The monoisotopic (exact) mass is 480 g/mol. The lowest BCUT2D eigenvalue weighted by Gasteiger charge is -2.07. The van der Waals surface area contributed by atoms with Gasteiger partial charge in [-0.1, -0.05) is 0 Å². The van der Waals surface area contributed by atoms with Gasteiger partial charge >= 0.3 is 0 Å². The highest BCUT2D eigenvalue weighted by Gasteiger charge is 2.13. The molecule has 0 aromatic heterocycles. The Bertz CT molecular complexity index is 1160. The topological polar surface area (TPSA) is 227 Å². The van der Waals surface area contributed by atoms with Crippen LogP contribution in [0.3, 0.4) is 0 Å². The molecule has 2 rings (SSSR count). The highest BCUT2D eigenvalue weighted by molar-refractivity contribution is 6.02. The summed E-state index contributed by atoms with van der Waals surface area (Å²) in [5, 5.41) is 80.0. The van der Waals surface area contributed by atoms with Crippen molar-refractivity contribution in [1.82, 2.24) is 10.6 Å². The molecule has 0 spiro atoms. The standard InChI is InChI=1S/C23H20N4O8/c24-10-14(4-12-6-16(28)20(32)17(29)7-12)22(34)26-2-1-3-27-23(35)15(11-25)5-13-8-18(30)21(33)19(31)9-13/h4-9,28-33H,1-3H2,(H,26,34)(H,27,35)/b14-4+,15-5?. The molecule has 12 nitrogen and oxygen atoms in total. The van der Waals surface area contributed by atoms with E-state index in [4.69, 9.17) is 0 Å². The maximum atomic E-state index is 12.2. The molecule has 2 amide bonds. The number of benzene rings is 2. The number of nitriles is 2. The molecule has 2 aromatic carbocycles. The molecule has 0 aliphatic carbocycles. The summed E-state index contributed by atoms with van der Waals surface area (Å²) in [6, 6.07) is 7.57. The van der Waals surface area contributed by atoms with E-state index in [0.717, 1.165) is 36.4 Å². The van der Waals surface area contributed by atoms with Gasteiger partial charge in [0.1, 0.15) is 23.3 Å². The molecular weight excluding hydrogens is 460 g/mol. The molecule has 0 bridgehead atoms. The Kier molecular flexibility index (Phi) is 8.50. The van der Waals surface area contributed by atoms with E-state index < -0.39 is 46.3 Å². The van der Waals surface area contributed by atoms with Crippen molar-refractivity contribution in [3.63, 3.8) is 0 Å². The summed E-state index contributed by atoms with van der Waals surface area (Å²) in [4.78, 5) is 24.3. The fraction of sp³-hybridized carbons (Fsp3) is 0.130. The number of carbonyl (C=O) groups excluding carboxylic acids is 2. The van der Waals surface area contributed by atoms with Gasteiger partial charge in [-0.25, -0.2) is 0 Å². The molecular formula is C23H20N4O8. The summed E-state index contributed by atoms with van der Waals surface area (Å²) in [5.41, 5.74) is -0.479. The van der Waals surface area contributed by atoms with Crippen LogP contribution < -0.4 is 10.6 Å². The molecule has 0 saturated carbocycles. The molecule has 0 radical (unpaired) electrons. The highest BCUT2D eigenvalue weighted by atomic mass is 16.3. The first kappa shape index (κ1) is 25.9. The van der Waals surface area contributed by atoms with Gasteiger partial charge < -0.3 is 41.3 Å². The third-order valence-corrected chi connectivity index (χ3v) is 4.46. The first-order valence-electron chi connectivity index (χ1n) is 9.87. The molecule has 0 aliphatic rings. The molecule has 35 heavy (non-hydrogen) atoms. The van der Waals surface area contributed by atoms with Crippen LogP contribution in [0.2, 0.25) is 0 Å². The van der Waals surface area contributed by atoms with E-state index in [1.165, 1.54) is 0 Å². The molecule has 0 saturated heterocycles. The van der Waals surface area contributed by atoms with Gasteiger partial charge in [0.15, 0.2) is 34.5 Å². The molecule has 0 fully saturated rings. The first-order valence-corrected chi connectivity index (χ1v) is 9.87. The van der Waals surface area contributed by atoms with Crippen LogP contribution in [0.4, 0.5) is 0 Å². The van der Waals surface area contributed by atoms with Crippen LogP contribution >= 0.6 is 0 Å². The molecule has 8 N–H and O–H groups in total. The zero-order valence-electron chi connectivity index (χ0n) is 18.0. The van der Waals surface area contributed by atoms with Gasteiger partial charge in [-0.2, -0.15) is 10.5 Å². The molecule has 2 aromatic rings. The maximum absolute atomic E-state index is 12.2. The number of amides is 2. The van der Waals surface area contributed by atoms with Crippen molar-refractivity contribution in [2.24, 2.45) is 0 Å². The fourth-order valence-corrected chi connectivity index (χ4v) is 2.73. The van der Waals surface area contributed by atoms with Crippen molar-refractivity contribution in [3.8, 4) is 46.6 Å². The van der Waals surface area contributed by atoms with Crippen LogP contribution in [-0.2, 0) is 9.59 Å². The van der Waals surface area contributed by atoms with E-state index in [2.05, 4.69) is 10.6 Å². The molecule has 0 atom stereocenters. The van der Waals surface area contributed by atoms with Crippen molar-refractivity contribution in [2.75, 3.05) is 13.1 Å². The van der Waals surface area contributed by atoms with Crippen molar-refractivity contribution < 1.29 is 40.2 Å². The molecule has 12 heteroatoms. The summed E-state index contributed by atoms with van der Waals surface area (Å²) in [6.07, 6.45) is 2.42. The van der Waals surface area contributed by atoms with Crippen LogP contribution in [0.15, 0.2) is 35.4 Å². The van der Waals surface area contributed by atoms with Crippen molar-refractivity contribution in [1.29, 1.82) is 10.5 Å². The van der Waals surface area contributed by atoms with Crippen molar-refractivity contribution in [2.45, 2.75) is 6.42 Å². The van der Waals surface area contributed by atoms with Gasteiger partial charge in [-0.15, -0.1) is 0 Å². The largest absolute Gasteiger partial charge is 0.504 e. The minimum atomic E-state index is -0.754. The molecule has 0 heterocycles. The highest BCUT2D eigenvalue weighted by Crippen LogP contribution is 2.36. The average Bonchev–Trinajstić information content (AvgIpc) is 2.82. The molecule has 180 valence electrons. The minimum Gasteiger partial charge on any atom is -0.504 e. The Labute approximate surface area is 198 Å². The lowest BCUT2D eigenvalue weighted by atomic mass is 10.1.